The van der Waals surface area contributed by atoms with Crippen LogP contribution in [-0.2, 0) is 0 Å². The van der Waals surface area contributed by atoms with Crippen molar-refractivity contribution < 1.29 is 0 Å². The molecular weight excluding hydrogens is 258 g/mol. The van der Waals surface area contributed by atoms with Crippen molar-refractivity contribution in [3.63, 3.8) is 0 Å². The molecule has 1 unspecified atom stereocenters. The lowest BCUT2D eigenvalue weighted by Crippen LogP contribution is -2.23. The minimum atomic E-state index is 0.353. The van der Waals surface area contributed by atoms with Crippen LogP contribution >= 0.6 is 0 Å². The molecule has 3 N–H and O–H groups in total. The van der Waals surface area contributed by atoms with Crippen LogP contribution in [0.15, 0.2) is 53.5 Å². The molecule has 1 atom stereocenters. The van der Waals surface area contributed by atoms with E-state index in [1.165, 1.54) is 16.7 Å². The van der Waals surface area contributed by atoms with Crippen molar-refractivity contribution in [3.05, 3.63) is 65.2 Å². The minimum Gasteiger partial charge on any atom is -0.370 e. The Morgan fingerprint density at radius 3 is 2.48 bits per heavy atom. The normalized spacial score (nSPS) is 13.0. The molecule has 0 saturated carbocycles. The van der Waals surface area contributed by atoms with Gasteiger partial charge in [0.05, 0.1) is 0 Å². The summed E-state index contributed by atoms with van der Waals surface area (Å²) in [6, 6.07) is 16.5. The molecule has 0 bridgehead atoms. The van der Waals surface area contributed by atoms with Crippen molar-refractivity contribution in [3.8, 4) is 0 Å². The smallest absolute Gasteiger partial charge is 0.193 e. The first-order chi connectivity index (χ1) is 10.1. The maximum atomic E-state index is 5.96. The van der Waals surface area contributed by atoms with Gasteiger partial charge in [-0.2, -0.15) is 0 Å². The molecule has 0 heterocycles. The fraction of sp³-hybridized carbons (Fsp3) is 0.278. The van der Waals surface area contributed by atoms with Gasteiger partial charge in [0.2, 0.25) is 0 Å². The summed E-state index contributed by atoms with van der Waals surface area (Å²) in [6.07, 6.45) is 0. The van der Waals surface area contributed by atoms with Crippen molar-refractivity contribution in [2.75, 3.05) is 11.9 Å². The first-order valence-corrected chi connectivity index (χ1v) is 7.25. The molecule has 110 valence electrons. The number of benzene rings is 2. The van der Waals surface area contributed by atoms with E-state index < -0.39 is 0 Å². The Bertz CT molecular complexity index is 618. The third-order valence-corrected chi connectivity index (χ3v) is 3.68. The summed E-state index contributed by atoms with van der Waals surface area (Å²) < 4.78 is 0. The maximum absolute atomic E-state index is 5.96. The van der Waals surface area contributed by atoms with E-state index in [-0.39, 0.29) is 0 Å². The second kappa shape index (κ2) is 6.93. The summed E-state index contributed by atoms with van der Waals surface area (Å²) in [5.74, 6) is 0.812. The number of rotatable bonds is 4. The van der Waals surface area contributed by atoms with Gasteiger partial charge in [-0.3, -0.25) is 4.99 Å². The Morgan fingerprint density at radius 1 is 1.10 bits per heavy atom. The molecule has 0 aliphatic heterocycles. The lowest BCUT2D eigenvalue weighted by atomic mass is 10.0. The Hall–Kier alpha value is -2.29. The lowest BCUT2D eigenvalue weighted by molar-refractivity contribution is 0.774. The molecule has 2 rings (SSSR count). The van der Waals surface area contributed by atoms with E-state index in [0.717, 1.165) is 5.69 Å². The zero-order valence-electron chi connectivity index (χ0n) is 12.9. The highest BCUT2D eigenvalue weighted by Gasteiger charge is 2.04. The number of guanidine groups is 1. The van der Waals surface area contributed by atoms with Gasteiger partial charge in [0.1, 0.15) is 0 Å². The molecule has 0 aliphatic rings. The predicted octanol–water partition coefficient (Wildman–Crippen LogP) is 3.83. The van der Waals surface area contributed by atoms with E-state index in [1.807, 2.05) is 24.3 Å². The van der Waals surface area contributed by atoms with E-state index in [0.29, 0.717) is 18.4 Å². The molecule has 3 heteroatoms. The Morgan fingerprint density at radius 2 is 1.81 bits per heavy atom. The molecular formula is C18H23N3. The fourth-order valence-corrected chi connectivity index (χ4v) is 2.13. The molecule has 2 aromatic carbocycles. The van der Waals surface area contributed by atoms with Crippen LogP contribution in [0, 0.1) is 13.8 Å². The van der Waals surface area contributed by atoms with Crippen LogP contribution in [0.3, 0.4) is 0 Å². The molecule has 3 nitrogen and oxygen atoms in total. The topological polar surface area (TPSA) is 50.4 Å². The number of hydrogen-bond acceptors (Lipinski definition) is 1. The molecule has 2 aromatic rings. The monoisotopic (exact) mass is 281 g/mol. The number of aryl methyl sites for hydroxylation is 2. The van der Waals surface area contributed by atoms with E-state index in [1.54, 1.807) is 0 Å². The number of nitrogens with zero attached hydrogens (tertiary/aromatic N) is 1. The first kappa shape index (κ1) is 15.1. The maximum Gasteiger partial charge on any atom is 0.193 e. The van der Waals surface area contributed by atoms with E-state index in [2.05, 4.69) is 55.3 Å². The van der Waals surface area contributed by atoms with Gasteiger partial charge in [-0.1, -0.05) is 43.3 Å². The van der Waals surface area contributed by atoms with Crippen LogP contribution in [0.2, 0.25) is 0 Å². The van der Waals surface area contributed by atoms with Crippen LogP contribution in [0.25, 0.3) is 0 Å². The quantitative estimate of drug-likeness (QED) is 0.661. The zero-order chi connectivity index (χ0) is 15.2. The standard InChI is InChI=1S/C18H23N3/c1-13-9-10-17(11-14(13)2)21-18(19)20-12-15(3)16-7-5-4-6-8-16/h4-11,15H,12H2,1-3H3,(H3,19,20,21). The average molecular weight is 281 g/mol. The zero-order valence-corrected chi connectivity index (χ0v) is 12.9. The van der Waals surface area contributed by atoms with Gasteiger partial charge in [-0.15, -0.1) is 0 Å². The SMILES string of the molecule is Cc1ccc(NC(N)=NCC(C)c2ccccc2)cc1C. The average Bonchev–Trinajstić information content (AvgIpc) is 2.49. The Balaban J connectivity index is 1.96. The van der Waals surface area contributed by atoms with Gasteiger partial charge in [-0.05, 0) is 42.7 Å². The van der Waals surface area contributed by atoms with E-state index in [4.69, 9.17) is 5.73 Å². The molecule has 0 spiro atoms. The third-order valence-electron chi connectivity index (χ3n) is 3.68. The van der Waals surface area contributed by atoms with Crippen molar-refractivity contribution >= 4 is 11.6 Å². The summed E-state index contributed by atoms with van der Waals surface area (Å²) >= 11 is 0. The molecule has 0 saturated heterocycles. The summed E-state index contributed by atoms with van der Waals surface area (Å²) in [5, 5.41) is 3.14. The number of hydrogen-bond donors (Lipinski definition) is 2. The van der Waals surface area contributed by atoms with Gasteiger partial charge in [0.25, 0.3) is 0 Å². The highest BCUT2D eigenvalue weighted by atomic mass is 15.1. The first-order valence-electron chi connectivity index (χ1n) is 7.25. The van der Waals surface area contributed by atoms with Crippen molar-refractivity contribution in [2.45, 2.75) is 26.7 Å². The van der Waals surface area contributed by atoms with Crippen LogP contribution in [0.4, 0.5) is 5.69 Å². The van der Waals surface area contributed by atoms with E-state index in [9.17, 15) is 0 Å². The van der Waals surface area contributed by atoms with Crippen LogP contribution in [0.1, 0.15) is 29.5 Å². The van der Waals surface area contributed by atoms with Crippen LogP contribution in [0.5, 0.6) is 0 Å². The summed E-state index contributed by atoms with van der Waals surface area (Å²) in [4.78, 5) is 4.43. The minimum absolute atomic E-state index is 0.353. The molecule has 0 aromatic heterocycles. The van der Waals surface area contributed by atoms with Crippen molar-refractivity contribution in [1.29, 1.82) is 0 Å². The van der Waals surface area contributed by atoms with Crippen LogP contribution < -0.4 is 11.1 Å². The van der Waals surface area contributed by atoms with Crippen molar-refractivity contribution in [2.24, 2.45) is 10.7 Å². The van der Waals surface area contributed by atoms with Gasteiger partial charge >= 0.3 is 0 Å². The summed E-state index contributed by atoms with van der Waals surface area (Å²) in [6.45, 7) is 7.01. The van der Waals surface area contributed by atoms with Gasteiger partial charge in [0.15, 0.2) is 5.96 Å². The molecule has 0 radical (unpaired) electrons. The van der Waals surface area contributed by atoms with Gasteiger partial charge in [0, 0.05) is 18.2 Å². The van der Waals surface area contributed by atoms with Crippen molar-refractivity contribution in [1.82, 2.24) is 0 Å². The second-order valence-electron chi connectivity index (χ2n) is 5.46. The molecule has 21 heavy (non-hydrogen) atoms. The molecule has 0 amide bonds. The highest BCUT2D eigenvalue weighted by molar-refractivity contribution is 5.92. The number of anilines is 1. The van der Waals surface area contributed by atoms with Crippen LogP contribution in [-0.4, -0.2) is 12.5 Å². The number of nitrogens with one attached hydrogen (secondary N) is 1. The number of aliphatic imine (C=N–C) groups is 1. The molecule has 0 fully saturated rings. The summed E-state index contributed by atoms with van der Waals surface area (Å²) in [7, 11) is 0. The largest absolute Gasteiger partial charge is 0.370 e. The molecule has 0 aliphatic carbocycles. The second-order valence-corrected chi connectivity index (χ2v) is 5.46. The fourth-order valence-electron chi connectivity index (χ4n) is 2.13. The Kier molecular flexibility index (Phi) is 4.99. The Labute approximate surface area is 126 Å². The summed E-state index contributed by atoms with van der Waals surface area (Å²) in [5.41, 5.74) is 10.7. The number of nitrogens with two attached hydrogens (primary N) is 1. The third kappa shape index (κ3) is 4.35. The van der Waals surface area contributed by atoms with Gasteiger partial charge < -0.3 is 11.1 Å². The highest BCUT2D eigenvalue weighted by Crippen LogP contribution is 2.16. The predicted molar refractivity (Wildman–Crippen MR) is 90.9 cm³/mol. The lowest BCUT2D eigenvalue weighted by Gasteiger charge is -2.11. The van der Waals surface area contributed by atoms with E-state index >= 15 is 0 Å². The van der Waals surface area contributed by atoms with Gasteiger partial charge in [-0.25, -0.2) is 0 Å².